The molecule has 0 aliphatic carbocycles. The number of aromatic nitrogens is 2. The van der Waals surface area contributed by atoms with Crippen LogP contribution in [0.3, 0.4) is 0 Å². The van der Waals surface area contributed by atoms with Gasteiger partial charge in [0.05, 0.1) is 27.5 Å². The van der Waals surface area contributed by atoms with Crippen LogP contribution in [0.1, 0.15) is 22.3 Å². The van der Waals surface area contributed by atoms with E-state index in [-0.39, 0.29) is 0 Å². The Bertz CT molecular complexity index is 3870. The molecule has 0 atom stereocenters. The van der Waals surface area contributed by atoms with Crippen molar-refractivity contribution in [3.63, 3.8) is 0 Å². The minimum Gasteiger partial charge on any atom is -0.309 e. The highest BCUT2D eigenvalue weighted by atomic mass is 15.0. The first-order chi connectivity index (χ1) is 34.2. The molecule has 0 aliphatic rings. The standard InChI is InChI=1S/C67H46N2/c1-7-21-47(22-8-1)49-35-39-57(48-23-9-2-10-24-48)60(43-49)50-36-40-59-58-33-19-20-34-63(58)69(66(59)44-50)56-38-42-65-62(46-56)61-45-54(37-41-64(61)68(65)55-31-17-6-18-32-55)67(51-25-11-3-12-26-51,52-27-13-4-14-28-52)53-29-15-5-16-30-53/h1-46H. The molecule has 2 aromatic heterocycles. The summed E-state index contributed by atoms with van der Waals surface area (Å²) in [6, 6.07) is 102. The molecule has 0 aliphatic heterocycles. The average molecular weight is 879 g/mol. The van der Waals surface area contributed by atoms with Gasteiger partial charge in [0.15, 0.2) is 0 Å². The minimum atomic E-state index is -0.587. The van der Waals surface area contributed by atoms with Crippen LogP contribution in [-0.4, -0.2) is 9.13 Å². The van der Waals surface area contributed by atoms with Gasteiger partial charge in [-0.05, 0) is 116 Å². The molecule has 11 aromatic carbocycles. The van der Waals surface area contributed by atoms with Gasteiger partial charge in [-0.3, -0.25) is 0 Å². The molecule has 0 saturated carbocycles. The third-order valence-electron chi connectivity index (χ3n) is 14.3. The van der Waals surface area contributed by atoms with E-state index < -0.39 is 5.41 Å². The van der Waals surface area contributed by atoms with Gasteiger partial charge in [0.25, 0.3) is 0 Å². The van der Waals surface area contributed by atoms with Gasteiger partial charge >= 0.3 is 0 Å². The Kier molecular flexibility index (Phi) is 9.77. The third-order valence-corrected chi connectivity index (χ3v) is 14.3. The van der Waals surface area contributed by atoms with E-state index in [2.05, 4.69) is 288 Å². The summed E-state index contributed by atoms with van der Waals surface area (Å²) in [5, 5.41) is 4.85. The minimum absolute atomic E-state index is 0.587. The summed E-state index contributed by atoms with van der Waals surface area (Å²) in [5.74, 6) is 0. The fourth-order valence-corrected chi connectivity index (χ4v) is 11.2. The average Bonchev–Trinajstić information content (AvgIpc) is 3.94. The molecule has 2 heterocycles. The fraction of sp³-hybridized carbons (Fsp3) is 0.0149. The maximum Gasteiger partial charge on any atom is 0.0701 e. The van der Waals surface area contributed by atoms with Crippen molar-refractivity contribution in [2.45, 2.75) is 5.41 Å². The van der Waals surface area contributed by atoms with Gasteiger partial charge in [-0.2, -0.15) is 0 Å². The summed E-state index contributed by atoms with van der Waals surface area (Å²) < 4.78 is 4.91. The van der Waals surface area contributed by atoms with Crippen molar-refractivity contribution < 1.29 is 0 Å². The number of rotatable bonds is 9. The molecule has 0 fully saturated rings. The third kappa shape index (κ3) is 6.64. The molecule has 2 heteroatoms. The molecule has 0 unspecified atom stereocenters. The molecule has 0 saturated heterocycles. The van der Waals surface area contributed by atoms with E-state index in [9.17, 15) is 0 Å². The predicted octanol–water partition coefficient (Wildman–Crippen LogP) is 17.3. The van der Waals surface area contributed by atoms with Gasteiger partial charge in [0, 0.05) is 32.9 Å². The van der Waals surface area contributed by atoms with E-state index in [1.807, 2.05) is 0 Å². The molecule has 69 heavy (non-hydrogen) atoms. The van der Waals surface area contributed by atoms with Crippen LogP contribution in [-0.2, 0) is 5.41 Å². The second-order valence-electron chi connectivity index (χ2n) is 18.0. The maximum absolute atomic E-state index is 2.48. The molecule has 13 rings (SSSR count). The molecule has 0 bridgehead atoms. The van der Waals surface area contributed by atoms with Gasteiger partial charge in [0.1, 0.15) is 0 Å². The Morgan fingerprint density at radius 1 is 0.217 bits per heavy atom. The van der Waals surface area contributed by atoms with Crippen LogP contribution in [0.4, 0.5) is 0 Å². The first-order valence-corrected chi connectivity index (χ1v) is 23.8. The van der Waals surface area contributed by atoms with Gasteiger partial charge in [-0.15, -0.1) is 0 Å². The second kappa shape index (κ2) is 16.7. The van der Waals surface area contributed by atoms with E-state index in [1.165, 1.54) is 88.2 Å². The van der Waals surface area contributed by atoms with Crippen LogP contribution >= 0.6 is 0 Å². The molecule has 0 spiro atoms. The van der Waals surface area contributed by atoms with E-state index >= 15 is 0 Å². The molecule has 0 amide bonds. The van der Waals surface area contributed by atoms with Gasteiger partial charge in [-0.25, -0.2) is 0 Å². The van der Waals surface area contributed by atoms with Gasteiger partial charge in [-0.1, -0.05) is 218 Å². The number of fused-ring (bicyclic) bond motifs is 6. The zero-order valence-corrected chi connectivity index (χ0v) is 38.0. The molecule has 13 aromatic rings. The predicted molar refractivity (Wildman–Crippen MR) is 290 cm³/mol. The topological polar surface area (TPSA) is 9.86 Å². The molecule has 2 nitrogen and oxygen atoms in total. The molecule has 0 radical (unpaired) electrons. The van der Waals surface area contributed by atoms with Gasteiger partial charge in [0.2, 0.25) is 0 Å². The number of hydrogen-bond acceptors (Lipinski definition) is 0. The normalized spacial score (nSPS) is 11.8. The number of nitrogens with zero attached hydrogens (tertiary/aromatic N) is 2. The summed E-state index contributed by atoms with van der Waals surface area (Å²) in [5.41, 5.74) is 18.4. The maximum atomic E-state index is 2.48. The van der Waals surface area contributed by atoms with Crippen LogP contribution in [0.5, 0.6) is 0 Å². The summed E-state index contributed by atoms with van der Waals surface area (Å²) in [6.45, 7) is 0. The Morgan fingerprint density at radius 2 is 0.696 bits per heavy atom. The van der Waals surface area contributed by atoms with Crippen LogP contribution in [0.2, 0.25) is 0 Å². The van der Waals surface area contributed by atoms with E-state index in [1.54, 1.807) is 0 Å². The number of benzene rings is 11. The highest BCUT2D eigenvalue weighted by Gasteiger charge is 2.38. The molecule has 324 valence electrons. The summed E-state index contributed by atoms with van der Waals surface area (Å²) in [4.78, 5) is 0. The first kappa shape index (κ1) is 40.3. The summed E-state index contributed by atoms with van der Waals surface area (Å²) in [7, 11) is 0. The number of para-hydroxylation sites is 2. The van der Waals surface area contributed by atoms with Crippen LogP contribution in [0, 0.1) is 0 Å². The lowest BCUT2D eigenvalue weighted by atomic mass is 9.65. The zero-order valence-electron chi connectivity index (χ0n) is 38.0. The van der Waals surface area contributed by atoms with Crippen molar-refractivity contribution in [1.82, 2.24) is 9.13 Å². The van der Waals surface area contributed by atoms with Gasteiger partial charge < -0.3 is 9.13 Å². The van der Waals surface area contributed by atoms with Crippen LogP contribution in [0.25, 0.3) is 88.4 Å². The number of hydrogen-bond donors (Lipinski definition) is 0. The lowest BCUT2D eigenvalue weighted by molar-refractivity contribution is 0.746. The quantitative estimate of drug-likeness (QED) is 0.128. The smallest absolute Gasteiger partial charge is 0.0701 e. The lowest BCUT2D eigenvalue weighted by Crippen LogP contribution is -2.30. The zero-order chi connectivity index (χ0) is 45.7. The summed E-state index contributed by atoms with van der Waals surface area (Å²) >= 11 is 0. The van der Waals surface area contributed by atoms with E-state index in [4.69, 9.17) is 0 Å². The molecular formula is C67H46N2. The van der Waals surface area contributed by atoms with E-state index in [0.29, 0.717) is 0 Å². The largest absolute Gasteiger partial charge is 0.309 e. The summed E-state index contributed by atoms with van der Waals surface area (Å²) in [6.07, 6.45) is 0. The Labute approximate surface area is 402 Å². The Balaban J connectivity index is 1.08. The Hall–Kier alpha value is -8.98. The molecular weight excluding hydrogens is 833 g/mol. The lowest BCUT2D eigenvalue weighted by Gasteiger charge is -2.37. The van der Waals surface area contributed by atoms with Crippen molar-refractivity contribution in [3.8, 4) is 44.8 Å². The SMILES string of the molecule is c1ccc(-c2ccc(-c3ccccc3)c(-c3ccc4c5ccccc5n(-c5ccc6c(c5)c5cc(C(c7ccccc7)(c7ccccc7)c7ccccc7)ccc5n6-c5ccccc5)c4c3)c2)cc1. The molecule has 0 N–H and O–H groups in total. The monoisotopic (exact) mass is 878 g/mol. The Morgan fingerprint density at radius 3 is 1.33 bits per heavy atom. The highest BCUT2D eigenvalue weighted by molar-refractivity contribution is 6.13. The second-order valence-corrected chi connectivity index (χ2v) is 18.0. The van der Waals surface area contributed by atoms with E-state index in [0.717, 1.165) is 22.4 Å². The first-order valence-electron chi connectivity index (χ1n) is 23.8. The van der Waals surface area contributed by atoms with Crippen LogP contribution < -0.4 is 0 Å². The van der Waals surface area contributed by atoms with Crippen molar-refractivity contribution in [1.29, 1.82) is 0 Å². The van der Waals surface area contributed by atoms with Crippen molar-refractivity contribution in [3.05, 3.63) is 301 Å². The highest BCUT2D eigenvalue weighted by Crippen LogP contribution is 2.48. The van der Waals surface area contributed by atoms with Crippen molar-refractivity contribution in [2.24, 2.45) is 0 Å². The van der Waals surface area contributed by atoms with Crippen molar-refractivity contribution in [2.75, 3.05) is 0 Å². The van der Waals surface area contributed by atoms with Crippen molar-refractivity contribution >= 4 is 43.6 Å². The fourth-order valence-electron chi connectivity index (χ4n) is 11.2. The van der Waals surface area contributed by atoms with Crippen LogP contribution in [0.15, 0.2) is 279 Å².